The minimum Gasteiger partial charge on any atom is -0.444 e. The second-order valence-electron chi connectivity index (χ2n) is 5.87. The van der Waals surface area contributed by atoms with E-state index < -0.39 is 5.60 Å². The Kier molecular flexibility index (Phi) is 4.88. The molecule has 1 aliphatic heterocycles. The van der Waals surface area contributed by atoms with Crippen LogP contribution in [0, 0.1) is 0 Å². The lowest BCUT2D eigenvalue weighted by Gasteiger charge is -2.24. The Hall–Kier alpha value is -0.850. The van der Waals surface area contributed by atoms with Gasteiger partial charge in [0.15, 0.2) is 4.47 Å². The van der Waals surface area contributed by atoms with Crippen LogP contribution in [-0.2, 0) is 11.3 Å². The lowest BCUT2D eigenvalue weighted by Crippen LogP contribution is -2.38. The minimum atomic E-state index is -0.442. The highest BCUT2D eigenvalue weighted by molar-refractivity contribution is 7.15. The smallest absolute Gasteiger partial charge is 0.410 e. The largest absolute Gasteiger partial charge is 0.444 e. The Labute approximate surface area is 128 Å². The summed E-state index contributed by atoms with van der Waals surface area (Å²) in [6.07, 6.45) is 2.48. The van der Waals surface area contributed by atoms with Crippen molar-refractivity contribution < 1.29 is 9.53 Å². The molecule has 0 aliphatic carbocycles. The van der Waals surface area contributed by atoms with E-state index >= 15 is 0 Å². The first-order valence-electron chi connectivity index (χ1n) is 6.65. The topological polar surface area (TPSA) is 54.5 Å². The first-order chi connectivity index (χ1) is 9.33. The van der Waals surface area contributed by atoms with Gasteiger partial charge in [-0.3, -0.25) is 0 Å². The summed E-state index contributed by atoms with van der Waals surface area (Å²) >= 11 is 7.26. The van der Waals surface area contributed by atoms with Crippen molar-refractivity contribution in [1.82, 2.24) is 15.2 Å². The van der Waals surface area contributed by atoms with Crippen molar-refractivity contribution in [2.75, 3.05) is 13.1 Å². The van der Waals surface area contributed by atoms with E-state index in [-0.39, 0.29) is 6.09 Å². The number of hydrogen-bond donors (Lipinski definition) is 1. The maximum atomic E-state index is 11.9. The summed E-state index contributed by atoms with van der Waals surface area (Å²) in [5, 5.41) is 3.42. The van der Waals surface area contributed by atoms with Gasteiger partial charge >= 0.3 is 6.09 Å². The third kappa shape index (κ3) is 4.61. The second-order valence-corrected chi connectivity index (χ2v) is 7.57. The number of ether oxygens (including phenoxy) is 1. The molecule has 1 aliphatic rings. The van der Waals surface area contributed by atoms with Gasteiger partial charge in [0.25, 0.3) is 0 Å². The molecule has 112 valence electrons. The molecule has 1 unspecified atom stereocenters. The Morgan fingerprint density at radius 1 is 1.65 bits per heavy atom. The summed E-state index contributed by atoms with van der Waals surface area (Å²) in [5.74, 6) is 0. The number of amides is 1. The molecule has 1 atom stereocenters. The van der Waals surface area contributed by atoms with Crippen LogP contribution in [0.4, 0.5) is 4.79 Å². The van der Waals surface area contributed by atoms with E-state index in [9.17, 15) is 4.79 Å². The predicted molar refractivity (Wildman–Crippen MR) is 80.2 cm³/mol. The van der Waals surface area contributed by atoms with Gasteiger partial charge in [0.2, 0.25) is 0 Å². The predicted octanol–water partition coefficient (Wildman–Crippen LogP) is 2.90. The van der Waals surface area contributed by atoms with E-state index in [1.807, 2.05) is 20.8 Å². The standard InChI is InChI=1S/C13H20ClN3O2S/c1-13(2,3)19-12(18)17-5-4-9(8-17)15-6-10-7-16-11(14)20-10/h7,9,15H,4-6,8H2,1-3H3. The van der Waals surface area contributed by atoms with Crippen molar-refractivity contribution in [3.63, 3.8) is 0 Å². The van der Waals surface area contributed by atoms with Crippen LogP contribution >= 0.6 is 22.9 Å². The molecule has 1 aromatic heterocycles. The van der Waals surface area contributed by atoms with Gasteiger partial charge in [0.05, 0.1) is 0 Å². The first-order valence-corrected chi connectivity index (χ1v) is 7.84. The number of nitrogens with zero attached hydrogens (tertiary/aromatic N) is 2. The average molecular weight is 318 g/mol. The van der Waals surface area contributed by atoms with Gasteiger partial charge in [-0.25, -0.2) is 9.78 Å². The molecule has 5 nitrogen and oxygen atoms in total. The fraction of sp³-hybridized carbons (Fsp3) is 0.692. The zero-order chi connectivity index (χ0) is 14.8. The van der Waals surface area contributed by atoms with Crippen molar-refractivity contribution in [3.05, 3.63) is 15.5 Å². The molecular weight excluding hydrogens is 298 g/mol. The summed E-state index contributed by atoms with van der Waals surface area (Å²) in [6, 6.07) is 0.295. The van der Waals surface area contributed by atoms with Crippen molar-refractivity contribution in [2.45, 2.75) is 45.4 Å². The van der Waals surface area contributed by atoms with Gasteiger partial charge in [-0.15, -0.1) is 11.3 Å². The highest BCUT2D eigenvalue weighted by Gasteiger charge is 2.29. The molecule has 1 fully saturated rings. The number of carbonyl (C=O) groups excluding carboxylic acids is 1. The van der Waals surface area contributed by atoms with Crippen LogP contribution in [0.25, 0.3) is 0 Å². The monoisotopic (exact) mass is 317 g/mol. The van der Waals surface area contributed by atoms with Gasteiger partial charge in [0.1, 0.15) is 5.60 Å². The van der Waals surface area contributed by atoms with Crippen molar-refractivity contribution in [2.24, 2.45) is 0 Å². The third-order valence-corrected chi connectivity index (χ3v) is 4.05. The Morgan fingerprint density at radius 2 is 2.40 bits per heavy atom. The van der Waals surface area contributed by atoms with Crippen molar-refractivity contribution in [3.8, 4) is 0 Å². The molecule has 0 aromatic carbocycles. The second kappa shape index (κ2) is 6.28. The molecule has 0 spiro atoms. The van der Waals surface area contributed by atoms with Gasteiger partial charge < -0.3 is 15.0 Å². The van der Waals surface area contributed by atoms with Crippen LogP contribution in [0.1, 0.15) is 32.1 Å². The summed E-state index contributed by atoms with van der Waals surface area (Å²) in [5.41, 5.74) is -0.442. The van der Waals surface area contributed by atoms with Crippen LogP contribution in [0.15, 0.2) is 6.20 Å². The fourth-order valence-corrected chi connectivity index (χ4v) is 2.96. The molecule has 0 bridgehead atoms. The average Bonchev–Trinajstić information content (AvgIpc) is 2.93. The molecule has 1 amide bonds. The Morgan fingerprint density at radius 3 is 3.00 bits per heavy atom. The summed E-state index contributed by atoms with van der Waals surface area (Å²) in [4.78, 5) is 18.8. The highest BCUT2D eigenvalue weighted by Crippen LogP contribution is 2.19. The van der Waals surface area contributed by atoms with E-state index in [0.29, 0.717) is 17.1 Å². The van der Waals surface area contributed by atoms with E-state index in [1.165, 1.54) is 11.3 Å². The van der Waals surface area contributed by atoms with Crippen molar-refractivity contribution in [1.29, 1.82) is 0 Å². The normalized spacial score (nSPS) is 19.4. The number of hydrogen-bond acceptors (Lipinski definition) is 5. The summed E-state index contributed by atoms with van der Waals surface area (Å²) < 4.78 is 5.93. The lowest BCUT2D eigenvalue weighted by molar-refractivity contribution is 0.0291. The number of likely N-dealkylation sites (tertiary alicyclic amines) is 1. The van der Waals surface area contributed by atoms with Crippen LogP contribution < -0.4 is 5.32 Å². The van der Waals surface area contributed by atoms with E-state index in [1.54, 1.807) is 11.1 Å². The van der Waals surface area contributed by atoms with E-state index in [2.05, 4.69) is 10.3 Å². The molecule has 1 N–H and O–H groups in total. The fourth-order valence-electron chi connectivity index (χ4n) is 2.03. The SMILES string of the molecule is CC(C)(C)OC(=O)N1CCC(NCc2cnc(Cl)s2)C1. The van der Waals surface area contributed by atoms with Gasteiger partial charge in [-0.1, -0.05) is 11.6 Å². The third-order valence-electron chi connectivity index (χ3n) is 2.93. The summed E-state index contributed by atoms with van der Waals surface area (Å²) in [6.45, 7) is 7.79. The van der Waals surface area contributed by atoms with Gasteiger partial charge in [-0.05, 0) is 27.2 Å². The molecule has 7 heteroatoms. The zero-order valence-electron chi connectivity index (χ0n) is 12.0. The van der Waals surface area contributed by atoms with Gasteiger partial charge in [-0.2, -0.15) is 0 Å². The van der Waals surface area contributed by atoms with Crippen LogP contribution in [0.2, 0.25) is 4.47 Å². The molecule has 0 radical (unpaired) electrons. The quantitative estimate of drug-likeness (QED) is 0.931. The lowest BCUT2D eigenvalue weighted by atomic mass is 10.2. The van der Waals surface area contributed by atoms with Crippen LogP contribution in [-0.4, -0.2) is 40.7 Å². The molecule has 1 saturated heterocycles. The van der Waals surface area contributed by atoms with Crippen LogP contribution in [0.5, 0.6) is 0 Å². The number of rotatable bonds is 3. The molecule has 0 saturated carbocycles. The molecule has 20 heavy (non-hydrogen) atoms. The number of nitrogens with one attached hydrogen (secondary N) is 1. The van der Waals surface area contributed by atoms with Gasteiger partial charge in [0, 0.05) is 36.8 Å². The maximum Gasteiger partial charge on any atom is 0.410 e. The first kappa shape index (κ1) is 15.5. The zero-order valence-corrected chi connectivity index (χ0v) is 13.6. The van der Waals surface area contributed by atoms with Crippen molar-refractivity contribution >= 4 is 29.0 Å². The van der Waals surface area contributed by atoms with Crippen LogP contribution in [0.3, 0.4) is 0 Å². The maximum absolute atomic E-state index is 11.9. The highest BCUT2D eigenvalue weighted by atomic mass is 35.5. The molecule has 2 rings (SSSR count). The molecule has 1 aromatic rings. The minimum absolute atomic E-state index is 0.234. The van der Waals surface area contributed by atoms with E-state index in [4.69, 9.17) is 16.3 Å². The van der Waals surface area contributed by atoms with E-state index in [0.717, 1.165) is 24.4 Å². The molecular formula is C13H20ClN3O2S. The summed E-state index contributed by atoms with van der Waals surface area (Å²) in [7, 11) is 0. The Balaban J connectivity index is 1.76. The molecule has 2 heterocycles. The number of halogens is 1. The number of thiazole rings is 1. The Bertz CT molecular complexity index is 472. The number of carbonyl (C=O) groups is 1. The number of aromatic nitrogens is 1.